The van der Waals surface area contributed by atoms with E-state index in [2.05, 4.69) is 32.1 Å². The Kier molecular flexibility index (Phi) is 3.95. The van der Waals surface area contributed by atoms with Crippen LogP contribution in [0.2, 0.25) is 0 Å². The van der Waals surface area contributed by atoms with Gasteiger partial charge in [0, 0.05) is 22.3 Å². The van der Waals surface area contributed by atoms with Gasteiger partial charge in [-0.15, -0.1) is 0 Å². The maximum absolute atomic E-state index is 4.17. The van der Waals surface area contributed by atoms with Crippen molar-refractivity contribution in [2.45, 2.75) is 11.8 Å². The van der Waals surface area contributed by atoms with Crippen LogP contribution in [0.5, 0.6) is 0 Å². The summed E-state index contributed by atoms with van der Waals surface area (Å²) in [5.41, 5.74) is 1.96. The highest BCUT2D eigenvalue weighted by atomic mass is 32.2. The van der Waals surface area contributed by atoms with E-state index in [0.717, 1.165) is 22.1 Å². The molecule has 0 atom stereocenters. The van der Waals surface area contributed by atoms with E-state index < -0.39 is 0 Å². The lowest BCUT2D eigenvalue weighted by atomic mass is 10.3. The van der Waals surface area contributed by atoms with E-state index in [9.17, 15) is 0 Å². The Balaban J connectivity index is 2.15. The highest BCUT2D eigenvalue weighted by Gasteiger charge is 1.98. The number of hydrogen-bond acceptors (Lipinski definition) is 5. The number of aryl methyl sites for hydroxylation is 1. The average Bonchev–Trinajstić information content (AvgIpc) is 2.30. The van der Waals surface area contributed by atoms with E-state index in [0.29, 0.717) is 0 Å². The Hall–Kier alpha value is -1.59. The molecule has 0 unspecified atom stereocenters. The van der Waals surface area contributed by atoms with E-state index in [1.54, 1.807) is 18.3 Å². The molecule has 88 valence electrons. The van der Waals surface area contributed by atoms with Gasteiger partial charge < -0.3 is 5.32 Å². The van der Waals surface area contributed by atoms with Crippen molar-refractivity contribution in [3.05, 3.63) is 42.4 Å². The van der Waals surface area contributed by atoms with Gasteiger partial charge in [-0.1, -0.05) is 6.07 Å². The summed E-state index contributed by atoms with van der Waals surface area (Å²) in [5, 5.41) is 3.25. The first-order valence-electron chi connectivity index (χ1n) is 5.27. The first-order chi connectivity index (χ1) is 8.28. The molecule has 0 fully saturated rings. The fraction of sp³-hybridized carbons (Fsp3) is 0.167. The predicted octanol–water partition coefficient (Wildman–Crippen LogP) is 2.76. The molecule has 2 N–H and O–H groups in total. The van der Waals surface area contributed by atoms with Crippen LogP contribution >= 0.6 is 11.9 Å². The fourth-order valence-corrected chi connectivity index (χ4v) is 1.99. The highest BCUT2D eigenvalue weighted by molar-refractivity contribution is 7.97. The number of nitrogens with one attached hydrogen (secondary N) is 2. The van der Waals surface area contributed by atoms with Crippen LogP contribution in [0.4, 0.5) is 11.5 Å². The Labute approximate surface area is 105 Å². The van der Waals surface area contributed by atoms with Crippen LogP contribution in [-0.2, 0) is 0 Å². The molecular weight excluding hydrogens is 232 g/mol. The zero-order chi connectivity index (χ0) is 12.1. The Morgan fingerprint density at radius 2 is 2.06 bits per heavy atom. The number of anilines is 2. The molecule has 0 spiro atoms. The molecule has 0 saturated carbocycles. The van der Waals surface area contributed by atoms with Gasteiger partial charge in [-0.2, -0.15) is 0 Å². The number of benzene rings is 1. The summed E-state index contributed by atoms with van der Waals surface area (Å²) in [7, 11) is 1.90. The van der Waals surface area contributed by atoms with Crippen LogP contribution in [0.1, 0.15) is 5.69 Å². The van der Waals surface area contributed by atoms with Gasteiger partial charge in [-0.25, -0.2) is 9.97 Å². The van der Waals surface area contributed by atoms with E-state index >= 15 is 0 Å². The maximum atomic E-state index is 4.17. The second-order valence-corrected chi connectivity index (χ2v) is 4.59. The molecule has 4 nitrogen and oxygen atoms in total. The molecule has 17 heavy (non-hydrogen) atoms. The second kappa shape index (κ2) is 5.65. The first kappa shape index (κ1) is 11.9. The van der Waals surface area contributed by atoms with Crippen molar-refractivity contribution in [1.29, 1.82) is 0 Å². The molecule has 0 amide bonds. The van der Waals surface area contributed by atoms with Crippen molar-refractivity contribution in [3.8, 4) is 0 Å². The molecule has 5 heteroatoms. The van der Waals surface area contributed by atoms with Gasteiger partial charge in [0.15, 0.2) is 0 Å². The minimum absolute atomic E-state index is 0.809. The van der Waals surface area contributed by atoms with Crippen molar-refractivity contribution < 1.29 is 0 Å². The summed E-state index contributed by atoms with van der Waals surface area (Å²) >= 11 is 1.58. The maximum Gasteiger partial charge on any atom is 0.133 e. The monoisotopic (exact) mass is 246 g/mol. The van der Waals surface area contributed by atoms with Gasteiger partial charge in [-0.05, 0) is 44.1 Å². The van der Waals surface area contributed by atoms with Crippen LogP contribution in [0.3, 0.4) is 0 Å². The van der Waals surface area contributed by atoms with Crippen molar-refractivity contribution in [2.75, 3.05) is 12.4 Å². The zero-order valence-electron chi connectivity index (χ0n) is 9.77. The summed E-state index contributed by atoms with van der Waals surface area (Å²) < 4.78 is 3.05. The molecule has 1 aromatic carbocycles. The summed E-state index contributed by atoms with van der Waals surface area (Å²) in [4.78, 5) is 9.38. The summed E-state index contributed by atoms with van der Waals surface area (Å²) in [6.07, 6.45) is 1.56. The van der Waals surface area contributed by atoms with Crippen LogP contribution < -0.4 is 10.0 Å². The molecule has 0 radical (unpaired) electrons. The lowest BCUT2D eigenvalue weighted by molar-refractivity contribution is 1.10. The van der Waals surface area contributed by atoms with Crippen LogP contribution in [-0.4, -0.2) is 17.0 Å². The SMILES string of the molecule is CNSc1cccc(Nc2cc(C)ncn2)c1. The Morgan fingerprint density at radius 3 is 2.82 bits per heavy atom. The van der Waals surface area contributed by atoms with Gasteiger partial charge in [0.2, 0.25) is 0 Å². The molecule has 0 bridgehead atoms. The van der Waals surface area contributed by atoms with Gasteiger partial charge >= 0.3 is 0 Å². The third kappa shape index (κ3) is 3.44. The quantitative estimate of drug-likeness (QED) is 0.812. The van der Waals surface area contributed by atoms with Crippen LogP contribution in [0.15, 0.2) is 41.6 Å². The minimum atomic E-state index is 0.809. The summed E-state index contributed by atoms with van der Waals surface area (Å²) in [6, 6.07) is 10.1. The molecule has 1 heterocycles. The van der Waals surface area contributed by atoms with E-state index in [4.69, 9.17) is 0 Å². The normalized spacial score (nSPS) is 10.2. The second-order valence-electron chi connectivity index (χ2n) is 3.50. The third-order valence-electron chi connectivity index (χ3n) is 2.13. The van der Waals surface area contributed by atoms with Gasteiger partial charge in [0.05, 0.1) is 0 Å². The molecule has 0 aliphatic rings. The van der Waals surface area contributed by atoms with Gasteiger partial charge in [0.1, 0.15) is 12.1 Å². The smallest absolute Gasteiger partial charge is 0.133 e. The molecular formula is C12H14N4S. The van der Waals surface area contributed by atoms with Crippen molar-refractivity contribution >= 4 is 23.5 Å². The predicted molar refractivity (Wildman–Crippen MR) is 71.4 cm³/mol. The topological polar surface area (TPSA) is 49.8 Å². The summed E-state index contributed by atoms with van der Waals surface area (Å²) in [5.74, 6) is 0.809. The summed E-state index contributed by atoms with van der Waals surface area (Å²) in [6.45, 7) is 1.94. The third-order valence-corrected chi connectivity index (χ3v) is 2.82. The molecule has 2 rings (SSSR count). The average molecular weight is 246 g/mol. The molecule has 0 saturated heterocycles. The standard InChI is InChI=1S/C12H14N4S/c1-9-6-12(15-8-14-9)16-10-4-3-5-11(7-10)17-13-2/h3-8,13H,1-2H3,(H,14,15,16). The van der Waals surface area contributed by atoms with Gasteiger partial charge in [-0.3, -0.25) is 4.72 Å². The van der Waals surface area contributed by atoms with Crippen LogP contribution in [0.25, 0.3) is 0 Å². The number of hydrogen-bond donors (Lipinski definition) is 2. The highest BCUT2D eigenvalue weighted by Crippen LogP contribution is 2.21. The lowest BCUT2D eigenvalue weighted by Crippen LogP contribution is -1.96. The molecule has 1 aromatic heterocycles. The molecule has 0 aliphatic heterocycles. The van der Waals surface area contributed by atoms with E-state index in [1.165, 1.54) is 0 Å². The van der Waals surface area contributed by atoms with Gasteiger partial charge in [0.25, 0.3) is 0 Å². The molecule has 2 aromatic rings. The Bertz CT molecular complexity index is 501. The van der Waals surface area contributed by atoms with Crippen molar-refractivity contribution in [1.82, 2.24) is 14.7 Å². The fourth-order valence-electron chi connectivity index (χ4n) is 1.43. The first-order valence-corrected chi connectivity index (χ1v) is 6.09. The number of rotatable bonds is 4. The van der Waals surface area contributed by atoms with Crippen molar-refractivity contribution in [3.63, 3.8) is 0 Å². The largest absolute Gasteiger partial charge is 0.340 e. The van der Waals surface area contributed by atoms with E-state index in [-0.39, 0.29) is 0 Å². The molecule has 0 aliphatic carbocycles. The van der Waals surface area contributed by atoms with Crippen LogP contribution in [0, 0.1) is 6.92 Å². The lowest BCUT2D eigenvalue weighted by Gasteiger charge is -2.07. The van der Waals surface area contributed by atoms with E-state index in [1.807, 2.05) is 32.2 Å². The van der Waals surface area contributed by atoms with Crippen molar-refractivity contribution in [2.24, 2.45) is 0 Å². The minimum Gasteiger partial charge on any atom is -0.340 e. The Morgan fingerprint density at radius 1 is 1.18 bits per heavy atom. The number of aromatic nitrogens is 2. The zero-order valence-corrected chi connectivity index (χ0v) is 10.6. The number of nitrogens with zero attached hydrogens (tertiary/aromatic N) is 2.